The van der Waals surface area contributed by atoms with E-state index in [4.69, 9.17) is 0 Å². The fourth-order valence-electron chi connectivity index (χ4n) is 3.65. The van der Waals surface area contributed by atoms with Crippen LogP contribution in [-0.4, -0.2) is 38.1 Å². The van der Waals surface area contributed by atoms with E-state index >= 15 is 0 Å². The molecule has 0 bridgehead atoms. The zero-order valence-corrected chi connectivity index (χ0v) is 15.6. The van der Waals surface area contributed by atoms with Gasteiger partial charge < -0.3 is 4.90 Å². The summed E-state index contributed by atoms with van der Waals surface area (Å²) in [5.74, 6) is 0.197. The van der Waals surface area contributed by atoms with Crippen LogP contribution in [0.4, 0.5) is 5.69 Å². The van der Waals surface area contributed by atoms with Gasteiger partial charge in [0.2, 0.25) is 10.0 Å². The highest BCUT2D eigenvalue weighted by Gasteiger charge is 2.30. The second-order valence-corrected chi connectivity index (χ2v) is 9.53. The predicted molar refractivity (Wildman–Crippen MR) is 99.7 cm³/mol. The fraction of sp³-hybridized carbons (Fsp3) is 0.389. The van der Waals surface area contributed by atoms with Crippen molar-refractivity contribution in [3.05, 3.63) is 51.7 Å². The van der Waals surface area contributed by atoms with Crippen LogP contribution in [0.1, 0.15) is 40.2 Å². The quantitative estimate of drug-likeness (QED) is 0.809. The molecule has 0 radical (unpaired) electrons. The molecule has 132 valence electrons. The van der Waals surface area contributed by atoms with Gasteiger partial charge >= 0.3 is 0 Å². The van der Waals surface area contributed by atoms with Crippen molar-refractivity contribution >= 4 is 33.0 Å². The maximum atomic E-state index is 12.9. The molecule has 7 heteroatoms. The van der Waals surface area contributed by atoms with Crippen molar-refractivity contribution in [1.82, 2.24) is 4.90 Å². The Hall–Kier alpha value is -1.86. The number of sulfonamides is 1. The number of amides is 1. The normalized spacial score (nSPS) is 22.0. The van der Waals surface area contributed by atoms with E-state index in [0.717, 1.165) is 13.0 Å². The lowest BCUT2D eigenvalue weighted by Gasteiger charge is -2.33. The first-order valence-electron chi connectivity index (χ1n) is 8.45. The minimum atomic E-state index is -3.19. The van der Waals surface area contributed by atoms with Gasteiger partial charge in [-0.2, -0.15) is 0 Å². The molecule has 5 nitrogen and oxygen atoms in total. The monoisotopic (exact) mass is 376 g/mol. The van der Waals surface area contributed by atoms with Crippen molar-refractivity contribution in [2.45, 2.75) is 25.8 Å². The third-order valence-corrected chi connectivity index (χ3v) is 7.91. The van der Waals surface area contributed by atoms with E-state index < -0.39 is 10.0 Å². The summed E-state index contributed by atoms with van der Waals surface area (Å²) in [6.07, 6.45) is 1.55. The van der Waals surface area contributed by atoms with Gasteiger partial charge in [-0.15, -0.1) is 11.3 Å². The number of anilines is 1. The highest BCUT2D eigenvalue weighted by molar-refractivity contribution is 7.93. The molecule has 0 N–H and O–H groups in total. The summed E-state index contributed by atoms with van der Waals surface area (Å²) in [5, 5.41) is 2.08. The van der Waals surface area contributed by atoms with Gasteiger partial charge in [0.1, 0.15) is 0 Å². The molecule has 1 amide bonds. The molecule has 1 fully saturated rings. The van der Waals surface area contributed by atoms with Gasteiger partial charge in [0, 0.05) is 23.5 Å². The van der Waals surface area contributed by atoms with E-state index in [1.165, 1.54) is 14.7 Å². The first-order chi connectivity index (χ1) is 12.0. The molecule has 25 heavy (non-hydrogen) atoms. The Bertz CT molecular complexity index is 903. The summed E-state index contributed by atoms with van der Waals surface area (Å²) in [4.78, 5) is 16.2. The standard InChI is InChI=1S/C18H20N2O3S2/c1-13-16-8-11-24-17(16)7-10-19(13)18(21)14-3-5-15(6-4-14)20-9-2-12-25(20,22)23/h3-6,8,11,13H,2,7,9-10,12H2,1H3. The topological polar surface area (TPSA) is 57.7 Å². The zero-order valence-electron chi connectivity index (χ0n) is 14.0. The number of hydrogen-bond acceptors (Lipinski definition) is 4. The van der Waals surface area contributed by atoms with Crippen molar-refractivity contribution in [1.29, 1.82) is 0 Å². The Labute approximate surface area is 151 Å². The lowest BCUT2D eigenvalue weighted by molar-refractivity contribution is 0.0679. The number of carbonyl (C=O) groups is 1. The van der Waals surface area contributed by atoms with Gasteiger partial charge in [0.05, 0.1) is 17.5 Å². The predicted octanol–water partition coefficient (Wildman–Crippen LogP) is 3.05. The summed E-state index contributed by atoms with van der Waals surface area (Å²) in [7, 11) is -3.19. The van der Waals surface area contributed by atoms with Gasteiger partial charge in [0.25, 0.3) is 5.91 Å². The van der Waals surface area contributed by atoms with Crippen molar-refractivity contribution in [3.8, 4) is 0 Å². The van der Waals surface area contributed by atoms with Crippen molar-refractivity contribution in [2.24, 2.45) is 0 Å². The lowest BCUT2D eigenvalue weighted by Crippen LogP contribution is -2.38. The van der Waals surface area contributed by atoms with Crippen molar-refractivity contribution in [3.63, 3.8) is 0 Å². The second kappa shape index (κ2) is 6.14. The minimum Gasteiger partial charge on any atom is -0.331 e. The highest BCUT2D eigenvalue weighted by Crippen LogP contribution is 2.34. The molecule has 1 aromatic carbocycles. The van der Waals surface area contributed by atoms with Crippen LogP contribution in [0.3, 0.4) is 0 Å². The molecule has 4 rings (SSSR count). The number of thiophene rings is 1. The number of carbonyl (C=O) groups excluding carboxylic acids is 1. The molecule has 0 aliphatic carbocycles. The van der Waals surface area contributed by atoms with E-state index in [9.17, 15) is 13.2 Å². The van der Waals surface area contributed by atoms with Crippen molar-refractivity contribution < 1.29 is 13.2 Å². The molecule has 1 atom stereocenters. The van der Waals surface area contributed by atoms with Crippen LogP contribution in [0, 0.1) is 0 Å². The van der Waals surface area contributed by atoms with Crippen LogP contribution in [-0.2, 0) is 16.4 Å². The van der Waals surface area contributed by atoms with E-state index in [1.54, 1.807) is 35.6 Å². The first-order valence-corrected chi connectivity index (χ1v) is 10.9. The SMILES string of the molecule is CC1c2ccsc2CCN1C(=O)c1ccc(N2CCCS2(=O)=O)cc1. The zero-order chi connectivity index (χ0) is 17.6. The van der Waals surface area contributed by atoms with Crippen LogP contribution in [0.25, 0.3) is 0 Å². The molecule has 1 aromatic heterocycles. The Morgan fingerprint density at radius 2 is 1.92 bits per heavy atom. The van der Waals surface area contributed by atoms with E-state index in [-0.39, 0.29) is 17.7 Å². The third-order valence-electron chi connectivity index (χ3n) is 5.04. The minimum absolute atomic E-state index is 0.000166. The molecule has 1 unspecified atom stereocenters. The summed E-state index contributed by atoms with van der Waals surface area (Å²) < 4.78 is 25.5. The smallest absolute Gasteiger partial charge is 0.254 e. The Morgan fingerprint density at radius 1 is 1.16 bits per heavy atom. The number of rotatable bonds is 2. The molecule has 2 aromatic rings. The number of nitrogens with zero attached hydrogens (tertiary/aromatic N) is 2. The lowest BCUT2D eigenvalue weighted by atomic mass is 10.0. The van der Waals surface area contributed by atoms with E-state index in [2.05, 4.69) is 18.4 Å². The van der Waals surface area contributed by atoms with Gasteiger partial charge in [-0.05, 0) is 61.0 Å². The molecule has 1 saturated heterocycles. The van der Waals surface area contributed by atoms with Crippen LogP contribution >= 0.6 is 11.3 Å². The van der Waals surface area contributed by atoms with E-state index in [0.29, 0.717) is 24.2 Å². The summed E-state index contributed by atoms with van der Waals surface area (Å²) in [6, 6.07) is 9.12. The largest absolute Gasteiger partial charge is 0.331 e. The Morgan fingerprint density at radius 3 is 2.60 bits per heavy atom. The molecular formula is C18H20N2O3S2. The van der Waals surface area contributed by atoms with Crippen LogP contribution in [0.15, 0.2) is 35.7 Å². The average Bonchev–Trinajstić information content (AvgIpc) is 3.21. The maximum Gasteiger partial charge on any atom is 0.254 e. The van der Waals surface area contributed by atoms with Gasteiger partial charge in [0.15, 0.2) is 0 Å². The number of benzene rings is 1. The van der Waals surface area contributed by atoms with Crippen LogP contribution in [0.2, 0.25) is 0 Å². The molecule has 2 aliphatic heterocycles. The molecule has 3 heterocycles. The van der Waals surface area contributed by atoms with Gasteiger partial charge in [-0.25, -0.2) is 8.42 Å². The Kier molecular flexibility index (Phi) is 4.08. The summed E-state index contributed by atoms with van der Waals surface area (Å²) in [5.41, 5.74) is 2.48. The van der Waals surface area contributed by atoms with E-state index in [1.807, 2.05) is 4.90 Å². The highest BCUT2D eigenvalue weighted by atomic mass is 32.2. The number of fused-ring (bicyclic) bond motifs is 1. The second-order valence-electron chi connectivity index (χ2n) is 6.51. The molecule has 2 aliphatic rings. The molecule has 0 saturated carbocycles. The Balaban J connectivity index is 1.56. The maximum absolute atomic E-state index is 12.9. The van der Waals surface area contributed by atoms with Gasteiger partial charge in [-0.3, -0.25) is 9.10 Å². The first kappa shape index (κ1) is 16.6. The number of hydrogen-bond donors (Lipinski definition) is 0. The molecular weight excluding hydrogens is 356 g/mol. The molecule has 0 spiro atoms. The average molecular weight is 377 g/mol. The summed E-state index contributed by atoms with van der Waals surface area (Å²) >= 11 is 1.75. The third kappa shape index (κ3) is 2.85. The van der Waals surface area contributed by atoms with Gasteiger partial charge in [-0.1, -0.05) is 0 Å². The van der Waals surface area contributed by atoms with Crippen LogP contribution in [0.5, 0.6) is 0 Å². The fourth-order valence-corrected chi connectivity index (χ4v) is 6.18. The van der Waals surface area contributed by atoms with Crippen molar-refractivity contribution in [2.75, 3.05) is 23.1 Å². The van der Waals surface area contributed by atoms with Crippen LogP contribution < -0.4 is 4.31 Å². The summed E-state index contributed by atoms with van der Waals surface area (Å²) in [6.45, 7) is 3.29.